The van der Waals surface area contributed by atoms with Crippen molar-refractivity contribution in [2.45, 2.75) is 71.1 Å². The molecule has 1 saturated carbocycles. The van der Waals surface area contributed by atoms with Crippen LogP contribution >= 0.6 is 0 Å². The van der Waals surface area contributed by atoms with Gasteiger partial charge in [0, 0.05) is 48.6 Å². The van der Waals surface area contributed by atoms with Gasteiger partial charge in [0.05, 0.1) is 22.7 Å². The molecule has 7 rings (SSSR count). The lowest BCUT2D eigenvalue weighted by Gasteiger charge is -2.46. The number of carbonyl (C=O) groups excluding carboxylic acids is 2. The summed E-state index contributed by atoms with van der Waals surface area (Å²) in [5.41, 5.74) is 5.15. The summed E-state index contributed by atoms with van der Waals surface area (Å²) in [5, 5.41) is 5.17. The zero-order chi connectivity index (χ0) is 30.1. The first-order valence-corrected chi connectivity index (χ1v) is 14.8. The molecule has 2 fully saturated rings. The second-order valence-electron chi connectivity index (χ2n) is 12.6. The lowest BCUT2D eigenvalue weighted by atomic mass is 9.62. The summed E-state index contributed by atoms with van der Waals surface area (Å²) in [6.45, 7) is 7.23. The Kier molecular flexibility index (Phi) is 6.54. The minimum absolute atomic E-state index is 0.0753. The molecule has 0 radical (unpaired) electrons. The van der Waals surface area contributed by atoms with E-state index in [-0.39, 0.29) is 17.1 Å². The summed E-state index contributed by atoms with van der Waals surface area (Å²) in [6.07, 6.45) is 1.20. The number of piperidine rings is 1. The first-order valence-electron chi connectivity index (χ1n) is 14.8. The van der Waals surface area contributed by atoms with Crippen LogP contribution in [0.3, 0.4) is 0 Å². The van der Waals surface area contributed by atoms with Crippen molar-refractivity contribution in [1.82, 2.24) is 24.6 Å². The fraction of sp³-hybridized carbons (Fsp3) is 0.424. The molecule has 1 spiro atoms. The average molecular weight is 588 g/mol. The minimum atomic E-state index is -4.43. The molecule has 1 unspecified atom stereocenters. The second-order valence-corrected chi connectivity index (χ2v) is 12.6. The Morgan fingerprint density at radius 1 is 1.00 bits per heavy atom. The Morgan fingerprint density at radius 2 is 1.77 bits per heavy atom. The predicted molar refractivity (Wildman–Crippen MR) is 155 cm³/mol. The van der Waals surface area contributed by atoms with Crippen LogP contribution in [-0.2, 0) is 24.1 Å². The molecular weight excluding hydrogens is 555 g/mol. The van der Waals surface area contributed by atoms with Crippen LogP contribution in [0.5, 0.6) is 0 Å². The Labute approximate surface area is 247 Å². The van der Waals surface area contributed by atoms with E-state index >= 15 is 0 Å². The molecule has 2 aromatic carbocycles. The maximum absolute atomic E-state index is 13.8. The van der Waals surface area contributed by atoms with Crippen LogP contribution in [-0.4, -0.2) is 49.3 Å². The van der Waals surface area contributed by atoms with Crippen molar-refractivity contribution in [3.63, 3.8) is 0 Å². The quantitative estimate of drug-likeness (QED) is 0.273. The summed E-state index contributed by atoms with van der Waals surface area (Å²) in [5.74, 6) is 0.598. The van der Waals surface area contributed by atoms with Crippen LogP contribution in [0.1, 0.15) is 76.5 Å². The molecule has 1 atom stereocenters. The van der Waals surface area contributed by atoms with Gasteiger partial charge in [0.1, 0.15) is 11.5 Å². The number of rotatable bonds is 4. The van der Waals surface area contributed by atoms with Gasteiger partial charge in [0.15, 0.2) is 11.6 Å². The number of fused-ring (bicyclic) bond motifs is 2. The van der Waals surface area contributed by atoms with Crippen LogP contribution in [0.4, 0.5) is 13.2 Å². The molecular formula is C33H32F3N5O2. The van der Waals surface area contributed by atoms with Crippen molar-refractivity contribution in [3.8, 4) is 11.4 Å². The molecule has 3 aliphatic rings. The lowest BCUT2D eigenvalue weighted by molar-refractivity contribution is -0.137. The third-order valence-electron chi connectivity index (χ3n) is 9.71. The molecule has 1 aliphatic carbocycles. The number of likely N-dealkylation sites (tertiary alicyclic amines) is 1. The van der Waals surface area contributed by atoms with E-state index < -0.39 is 11.7 Å². The molecule has 4 aromatic rings. The van der Waals surface area contributed by atoms with E-state index in [4.69, 9.17) is 5.10 Å². The Hall–Kier alpha value is -3.92. The number of nitrogens with zero attached hydrogens (tertiary/aromatic N) is 5. The number of ketones is 2. The minimum Gasteiger partial charge on any atom is -0.300 e. The highest BCUT2D eigenvalue weighted by Crippen LogP contribution is 2.47. The Balaban J connectivity index is 1.08. The largest absolute Gasteiger partial charge is 0.416 e. The van der Waals surface area contributed by atoms with Crippen molar-refractivity contribution in [2.24, 2.45) is 5.41 Å². The van der Waals surface area contributed by atoms with E-state index in [1.165, 1.54) is 12.3 Å². The van der Waals surface area contributed by atoms with Gasteiger partial charge in [-0.05, 0) is 87.0 Å². The smallest absolute Gasteiger partial charge is 0.300 e. The van der Waals surface area contributed by atoms with E-state index in [0.29, 0.717) is 47.7 Å². The van der Waals surface area contributed by atoms with Crippen LogP contribution in [0.15, 0.2) is 42.6 Å². The van der Waals surface area contributed by atoms with Gasteiger partial charge < -0.3 is 0 Å². The molecule has 222 valence electrons. The van der Waals surface area contributed by atoms with Gasteiger partial charge in [-0.2, -0.15) is 18.3 Å². The number of alkyl halides is 3. The maximum Gasteiger partial charge on any atom is 0.416 e. The molecule has 7 nitrogen and oxygen atoms in total. The number of hydrogen-bond donors (Lipinski definition) is 0. The molecule has 10 heteroatoms. The molecule has 0 amide bonds. The molecule has 0 bridgehead atoms. The van der Waals surface area contributed by atoms with Crippen molar-refractivity contribution >= 4 is 22.5 Å². The zero-order valence-corrected chi connectivity index (χ0v) is 24.2. The van der Waals surface area contributed by atoms with E-state index in [0.717, 1.165) is 78.9 Å². The van der Waals surface area contributed by atoms with Crippen molar-refractivity contribution < 1.29 is 22.8 Å². The normalized spacial score (nSPS) is 20.4. The molecule has 1 saturated heterocycles. The van der Waals surface area contributed by atoms with E-state index in [1.54, 1.807) is 0 Å². The second kappa shape index (κ2) is 10.1. The molecule has 2 aliphatic heterocycles. The fourth-order valence-electron chi connectivity index (χ4n) is 7.16. The monoisotopic (exact) mass is 587 g/mol. The van der Waals surface area contributed by atoms with E-state index in [2.05, 4.69) is 14.9 Å². The summed E-state index contributed by atoms with van der Waals surface area (Å²) >= 11 is 0. The lowest BCUT2D eigenvalue weighted by Crippen LogP contribution is -2.47. The molecule has 4 heterocycles. The Morgan fingerprint density at radius 3 is 2.47 bits per heavy atom. The SMILES string of the molecule is Cc1cc(-c2ncc3cc(C(F)(F)F)ccc3n2)ccc1C1CCn2nc(CN3CCC4(CC3)CC(=O)C4)c(C)c2C1=O. The van der Waals surface area contributed by atoms with Crippen LogP contribution < -0.4 is 0 Å². The number of hydrogen-bond acceptors (Lipinski definition) is 6. The van der Waals surface area contributed by atoms with Crippen LogP contribution in [0.25, 0.3) is 22.3 Å². The van der Waals surface area contributed by atoms with E-state index in [9.17, 15) is 22.8 Å². The van der Waals surface area contributed by atoms with Gasteiger partial charge in [-0.1, -0.05) is 12.1 Å². The highest BCUT2D eigenvalue weighted by atomic mass is 19.4. The van der Waals surface area contributed by atoms with Gasteiger partial charge in [-0.15, -0.1) is 0 Å². The van der Waals surface area contributed by atoms with Gasteiger partial charge >= 0.3 is 6.18 Å². The molecule has 0 N–H and O–H groups in total. The number of carbonyl (C=O) groups is 2. The first kappa shape index (κ1) is 27.9. The van der Waals surface area contributed by atoms with E-state index in [1.807, 2.05) is 36.7 Å². The number of aromatic nitrogens is 4. The van der Waals surface area contributed by atoms with Crippen molar-refractivity contribution in [3.05, 3.63) is 76.2 Å². The van der Waals surface area contributed by atoms with Gasteiger partial charge in [0.25, 0.3) is 0 Å². The average Bonchev–Trinajstić information content (AvgIpc) is 3.28. The fourth-order valence-corrected chi connectivity index (χ4v) is 7.16. The van der Waals surface area contributed by atoms with Crippen LogP contribution in [0.2, 0.25) is 0 Å². The summed E-state index contributed by atoms with van der Waals surface area (Å²) in [7, 11) is 0. The standard InChI is InChI=1S/C33H32F3N5O2/c1-19-13-21(31-37-17-22-14-23(33(34,35)36)4-6-27(22)38-31)3-5-25(19)26-7-10-41-29(30(26)43)20(2)28(39-41)18-40-11-8-32(9-12-40)15-24(42)16-32/h3-6,13-14,17,26H,7-12,15-16,18H2,1-2H3. The summed E-state index contributed by atoms with van der Waals surface area (Å²) in [4.78, 5) is 36.6. The maximum atomic E-state index is 13.8. The number of halogens is 3. The van der Waals surface area contributed by atoms with Crippen molar-refractivity contribution in [1.29, 1.82) is 0 Å². The number of aryl methyl sites for hydroxylation is 2. The molecule has 2 aromatic heterocycles. The summed E-state index contributed by atoms with van der Waals surface area (Å²) < 4.78 is 41.1. The van der Waals surface area contributed by atoms with Crippen molar-refractivity contribution in [2.75, 3.05) is 13.1 Å². The topological polar surface area (TPSA) is 81.0 Å². The third kappa shape index (κ3) is 4.95. The van der Waals surface area contributed by atoms with Gasteiger partial charge in [-0.3, -0.25) is 19.2 Å². The summed E-state index contributed by atoms with van der Waals surface area (Å²) in [6, 6.07) is 9.22. The van der Waals surface area contributed by atoms with Crippen LogP contribution in [0, 0.1) is 19.3 Å². The zero-order valence-electron chi connectivity index (χ0n) is 24.2. The highest BCUT2D eigenvalue weighted by Gasteiger charge is 2.45. The third-order valence-corrected chi connectivity index (χ3v) is 9.71. The highest BCUT2D eigenvalue weighted by molar-refractivity contribution is 6.01. The number of benzene rings is 2. The predicted octanol–water partition coefficient (Wildman–Crippen LogP) is 6.44. The molecule has 43 heavy (non-hydrogen) atoms. The number of Topliss-reactive ketones (excluding diaryl/α,β-unsaturated/α-hetero) is 2. The Bertz CT molecular complexity index is 1780. The first-order chi connectivity index (χ1) is 20.5. The van der Waals surface area contributed by atoms with Gasteiger partial charge in [0.2, 0.25) is 0 Å². The van der Waals surface area contributed by atoms with Gasteiger partial charge in [-0.25, -0.2) is 9.97 Å².